The summed E-state index contributed by atoms with van der Waals surface area (Å²) < 4.78 is 0. The number of hydrogen-bond acceptors (Lipinski definition) is 4. The fourth-order valence-corrected chi connectivity index (χ4v) is 2.73. The van der Waals surface area contributed by atoms with E-state index in [1.54, 1.807) is 18.3 Å². The molecule has 1 atom stereocenters. The van der Waals surface area contributed by atoms with Gasteiger partial charge >= 0.3 is 5.97 Å². The summed E-state index contributed by atoms with van der Waals surface area (Å²) >= 11 is 0. The molecule has 0 saturated heterocycles. The van der Waals surface area contributed by atoms with Gasteiger partial charge in [-0.05, 0) is 29.7 Å². The van der Waals surface area contributed by atoms with E-state index in [9.17, 15) is 9.90 Å². The third-order valence-electron chi connectivity index (χ3n) is 3.71. The maximum absolute atomic E-state index is 11.7. The summed E-state index contributed by atoms with van der Waals surface area (Å²) in [4.78, 5) is 17.6. The van der Waals surface area contributed by atoms with Gasteiger partial charge in [0.15, 0.2) is 6.04 Å². The molecule has 1 aromatic carbocycles. The number of fused-ring (bicyclic) bond motifs is 1. The van der Waals surface area contributed by atoms with Gasteiger partial charge in [-0.25, -0.2) is 9.78 Å². The number of carboxylic acid groups (broad SMARTS) is 1. The third-order valence-corrected chi connectivity index (χ3v) is 3.71. The summed E-state index contributed by atoms with van der Waals surface area (Å²) in [5.74, 6) is -0.883. The Balaban J connectivity index is 2.02. The number of nitrogens with zero attached hydrogens (tertiary/aromatic N) is 3. The summed E-state index contributed by atoms with van der Waals surface area (Å²) in [5, 5.41) is 18.4. The SMILES string of the molecule is N#Cc1ccc(N2CCc3ccccc3C2C(=O)O)cn1. The summed E-state index contributed by atoms with van der Waals surface area (Å²) in [6.07, 6.45) is 2.35. The number of carboxylic acids is 1. The maximum atomic E-state index is 11.7. The Hall–Kier alpha value is -2.87. The van der Waals surface area contributed by atoms with Gasteiger partial charge in [-0.15, -0.1) is 0 Å². The Morgan fingerprint density at radius 1 is 1.33 bits per heavy atom. The number of benzene rings is 1. The number of pyridine rings is 1. The second-order valence-electron chi connectivity index (χ2n) is 4.90. The minimum absolute atomic E-state index is 0.322. The highest BCUT2D eigenvalue weighted by atomic mass is 16.4. The van der Waals surface area contributed by atoms with E-state index in [2.05, 4.69) is 4.98 Å². The van der Waals surface area contributed by atoms with Crippen LogP contribution in [0.2, 0.25) is 0 Å². The molecule has 5 heteroatoms. The molecular weight excluding hydrogens is 266 g/mol. The van der Waals surface area contributed by atoms with E-state index in [1.165, 1.54) is 0 Å². The van der Waals surface area contributed by atoms with Gasteiger partial charge in [0.25, 0.3) is 0 Å². The number of anilines is 1. The average Bonchev–Trinajstić information content (AvgIpc) is 2.53. The quantitative estimate of drug-likeness (QED) is 0.911. The highest BCUT2D eigenvalue weighted by Gasteiger charge is 2.32. The zero-order valence-electron chi connectivity index (χ0n) is 11.2. The van der Waals surface area contributed by atoms with Crippen LogP contribution in [-0.4, -0.2) is 22.6 Å². The Morgan fingerprint density at radius 3 is 2.81 bits per heavy atom. The molecule has 2 heterocycles. The highest BCUT2D eigenvalue weighted by molar-refractivity contribution is 5.81. The average molecular weight is 279 g/mol. The van der Waals surface area contributed by atoms with Crippen LogP contribution in [0.5, 0.6) is 0 Å². The summed E-state index contributed by atoms with van der Waals surface area (Å²) in [5.41, 5.74) is 2.93. The number of hydrogen-bond donors (Lipinski definition) is 1. The van der Waals surface area contributed by atoms with Gasteiger partial charge in [0.2, 0.25) is 0 Å². The lowest BCUT2D eigenvalue weighted by Gasteiger charge is -2.36. The predicted molar refractivity (Wildman–Crippen MR) is 76.8 cm³/mol. The lowest BCUT2D eigenvalue weighted by Crippen LogP contribution is -2.39. The molecule has 2 aromatic rings. The second-order valence-corrected chi connectivity index (χ2v) is 4.90. The predicted octanol–water partition coefficient (Wildman–Crippen LogP) is 2.14. The minimum atomic E-state index is -0.883. The van der Waals surface area contributed by atoms with Crippen LogP contribution >= 0.6 is 0 Å². The molecule has 0 spiro atoms. The van der Waals surface area contributed by atoms with Gasteiger partial charge < -0.3 is 10.0 Å². The summed E-state index contributed by atoms with van der Waals surface area (Å²) in [6, 6.07) is 12.2. The number of carbonyl (C=O) groups is 1. The largest absolute Gasteiger partial charge is 0.479 e. The lowest BCUT2D eigenvalue weighted by molar-refractivity contribution is -0.138. The summed E-state index contributed by atoms with van der Waals surface area (Å²) in [6.45, 7) is 0.613. The molecular formula is C16H13N3O2. The molecule has 1 aliphatic heterocycles. The molecule has 0 radical (unpaired) electrons. The van der Waals surface area contributed by atoms with E-state index in [-0.39, 0.29) is 0 Å². The molecule has 1 N–H and O–H groups in total. The fourth-order valence-electron chi connectivity index (χ4n) is 2.73. The molecule has 1 unspecified atom stereocenters. The topological polar surface area (TPSA) is 77.2 Å². The first-order valence-electron chi connectivity index (χ1n) is 6.64. The second kappa shape index (κ2) is 5.25. The molecule has 0 fully saturated rings. The Kier molecular flexibility index (Phi) is 3.28. The molecule has 3 rings (SSSR count). The van der Waals surface area contributed by atoms with Crippen molar-refractivity contribution in [3.63, 3.8) is 0 Å². The molecule has 21 heavy (non-hydrogen) atoms. The van der Waals surface area contributed by atoms with Crippen LogP contribution in [0.4, 0.5) is 5.69 Å². The third kappa shape index (κ3) is 2.32. The van der Waals surface area contributed by atoms with Gasteiger partial charge in [-0.1, -0.05) is 24.3 Å². The molecule has 0 saturated carbocycles. The van der Waals surface area contributed by atoms with E-state index < -0.39 is 12.0 Å². The van der Waals surface area contributed by atoms with E-state index in [0.717, 1.165) is 23.2 Å². The van der Waals surface area contributed by atoms with Gasteiger partial charge in [0, 0.05) is 6.54 Å². The van der Waals surface area contributed by atoms with Gasteiger partial charge in [0.1, 0.15) is 11.8 Å². The smallest absolute Gasteiger partial charge is 0.331 e. The number of aliphatic carboxylic acids is 1. The van der Waals surface area contributed by atoms with Gasteiger partial charge in [-0.2, -0.15) is 5.26 Å². The van der Waals surface area contributed by atoms with Gasteiger partial charge in [-0.3, -0.25) is 0 Å². The van der Waals surface area contributed by atoms with E-state index >= 15 is 0 Å². The Bertz CT molecular complexity index is 719. The van der Waals surface area contributed by atoms with Crippen LogP contribution in [0.1, 0.15) is 22.9 Å². The molecule has 104 valence electrons. The van der Waals surface area contributed by atoms with Gasteiger partial charge in [0.05, 0.1) is 11.9 Å². The zero-order valence-corrected chi connectivity index (χ0v) is 11.2. The van der Waals surface area contributed by atoms with Crippen molar-refractivity contribution < 1.29 is 9.90 Å². The van der Waals surface area contributed by atoms with Crippen LogP contribution < -0.4 is 4.90 Å². The monoisotopic (exact) mass is 279 g/mol. The molecule has 1 aromatic heterocycles. The molecule has 0 amide bonds. The lowest BCUT2D eigenvalue weighted by atomic mass is 9.92. The molecule has 0 bridgehead atoms. The van der Waals surface area contributed by atoms with E-state index in [4.69, 9.17) is 5.26 Å². The van der Waals surface area contributed by atoms with E-state index in [1.807, 2.05) is 35.2 Å². The molecule has 1 aliphatic rings. The van der Waals surface area contributed by atoms with Crippen molar-refractivity contribution in [1.82, 2.24) is 4.98 Å². The van der Waals surface area contributed by atoms with E-state index in [0.29, 0.717) is 12.2 Å². The number of nitriles is 1. The first-order valence-corrected chi connectivity index (χ1v) is 6.64. The van der Waals surface area contributed by atoms with Crippen molar-refractivity contribution in [2.75, 3.05) is 11.4 Å². The van der Waals surface area contributed by atoms with Crippen molar-refractivity contribution in [3.05, 3.63) is 59.4 Å². The van der Waals surface area contributed by atoms with Crippen LogP contribution in [0, 0.1) is 11.3 Å². The fraction of sp³-hybridized carbons (Fsp3) is 0.188. The van der Waals surface area contributed by atoms with Crippen LogP contribution in [0.3, 0.4) is 0 Å². The van der Waals surface area contributed by atoms with Crippen molar-refractivity contribution in [1.29, 1.82) is 5.26 Å². The first-order chi connectivity index (χ1) is 10.2. The normalized spacial score (nSPS) is 16.9. The summed E-state index contributed by atoms with van der Waals surface area (Å²) in [7, 11) is 0. The number of rotatable bonds is 2. The van der Waals surface area contributed by atoms with Crippen molar-refractivity contribution in [2.24, 2.45) is 0 Å². The Labute approximate surface area is 122 Å². The first kappa shape index (κ1) is 13.1. The Morgan fingerprint density at radius 2 is 2.14 bits per heavy atom. The van der Waals surface area contributed by atoms with Crippen molar-refractivity contribution in [2.45, 2.75) is 12.5 Å². The van der Waals surface area contributed by atoms with Crippen LogP contribution in [0.25, 0.3) is 0 Å². The minimum Gasteiger partial charge on any atom is -0.479 e. The zero-order chi connectivity index (χ0) is 14.8. The van der Waals surface area contributed by atoms with Crippen molar-refractivity contribution in [3.8, 4) is 6.07 Å². The highest BCUT2D eigenvalue weighted by Crippen LogP contribution is 2.33. The molecule has 0 aliphatic carbocycles. The number of aromatic nitrogens is 1. The maximum Gasteiger partial charge on any atom is 0.331 e. The van der Waals surface area contributed by atoms with Crippen LogP contribution in [0.15, 0.2) is 42.6 Å². The van der Waals surface area contributed by atoms with Crippen LogP contribution in [-0.2, 0) is 11.2 Å². The van der Waals surface area contributed by atoms with Crippen molar-refractivity contribution >= 4 is 11.7 Å². The molecule has 5 nitrogen and oxygen atoms in total. The standard InChI is InChI=1S/C16H13N3O2/c17-9-12-5-6-13(10-18-12)19-8-7-11-3-1-2-4-14(11)15(19)16(20)21/h1-6,10,15H,7-8H2,(H,20,21).